The molecule has 2 aromatic rings. The second-order valence-electron chi connectivity index (χ2n) is 4.28. The summed E-state index contributed by atoms with van der Waals surface area (Å²) in [7, 11) is 0. The molecule has 0 aromatic carbocycles. The first-order chi connectivity index (χ1) is 8.72. The first kappa shape index (κ1) is 11.5. The zero-order valence-electron chi connectivity index (χ0n) is 9.58. The Morgan fingerprint density at radius 1 is 1.44 bits per heavy atom. The largest absolute Gasteiger partial charge is 0.490 e. The minimum atomic E-state index is 0.329. The Hall–Kier alpha value is -1.63. The summed E-state index contributed by atoms with van der Waals surface area (Å²) in [5, 5.41) is 4.18. The number of ether oxygens (including phenoxy) is 1. The molecule has 0 amide bonds. The fourth-order valence-electron chi connectivity index (χ4n) is 1.53. The third kappa shape index (κ3) is 2.45. The number of nitrogens with zero attached hydrogens (tertiary/aromatic N) is 4. The molecule has 94 valence electrons. The van der Waals surface area contributed by atoms with Crippen LogP contribution in [0.1, 0.15) is 12.8 Å². The van der Waals surface area contributed by atoms with Crippen molar-refractivity contribution in [2.75, 3.05) is 12.3 Å². The van der Waals surface area contributed by atoms with Crippen LogP contribution >= 0.6 is 15.9 Å². The average molecular weight is 310 g/mol. The molecule has 1 saturated carbocycles. The molecule has 2 aromatic heterocycles. The number of nitrogen functional groups attached to an aromatic ring is 1. The molecular formula is C11H12BrN5O. The highest BCUT2D eigenvalue weighted by Crippen LogP contribution is 2.29. The van der Waals surface area contributed by atoms with Gasteiger partial charge in [-0.3, -0.25) is 0 Å². The Morgan fingerprint density at radius 2 is 2.28 bits per heavy atom. The van der Waals surface area contributed by atoms with E-state index >= 15 is 0 Å². The molecule has 2 heterocycles. The van der Waals surface area contributed by atoms with Crippen LogP contribution in [0, 0.1) is 5.92 Å². The molecule has 3 rings (SSSR count). The molecule has 1 aliphatic carbocycles. The van der Waals surface area contributed by atoms with E-state index in [1.807, 2.05) is 0 Å². The van der Waals surface area contributed by atoms with Crippen molar-refractivity contribution in [3.63, 3.8) is 0 Å². The van der Waals surface area contributed by atoms with E-state index in [1.165, 1.54) is 12.8 Å². The number of aromatic nitrogens is 4. The van der Waals surface area contributed by atoms with E-state index < -0.39 is 0 Å². The summed E-state index contributed by atoms with van der Waals surface area (Å²) in [5.41, 5.74) is 5.77. The predicted octanol–water partition coefficient (Wildman–Crippen LogP) is 1.80. The van der Waals surface area contributed by atoms with Crippen LogP contribution in [-0.2, 0) is 0 Å². The first-order valence-electron chi connectivity index (χ1n) is 5.68. The second kappa shape index (κ2) is 4.56. The Labute approximate surface area is 112 Å². The normalized spacial score (nSPS) is 14.7. The highest BCUT2D eigenvalue weighted by atomic mass is 79.9. The molecule has 0 atom stereocenters. The van der Waals surface area contributed by atoms with Gasteiger partial charge in [-0.1, -0.05) is 0 Å². The third-order valence-electron chi connectivity index (χ3n) is 2.71. The average Bonchev–Trinajstić information content (AvgIpc) is 3.08. The van der Waals surface area contributed by atoms with E-state index in [4.69, 9.17) is 10.5 Å². The summed E-state index contributed by atoms with van der Waals surface area (Å²) >= 11 is 3.26. The van der Waals surface area contributed by atoms with Crippen LogP contribution in [0.3, 0.4) is 0 Å². The number of hydrogen-bond acceptors (Lipinski definition) is 5. The van der Waals surface area contributed by atoms with Gasteiger partial charge in [0.1, 0.15) is 4.60 Å². The van der Waals surface area contributed by atoms with Crippen LogP contribution in [0.25, 0.3) is 5.82 Å². The van der Waals surface area contributed by atoms with Gasteiger partial charge in [-0.2, -0.15) is 5.10 Å². The van der Waals surface area contributed by atoms with Crippen molar-refractivity contribution in [2.24, 2.45) is 5.92 Å². The smallest absolute Gasteiger partial charge is 0.197 e. The summed E-state index contributed by atoms with van der Waals surface area (Å²) in [4.78, 5) is 8.25. The number of anilines is 1. The van der Waals surface area contributed by atoms with Gasteiger partial charge in [0.15, 0.2) is 17.4 Å². The van der Waals surface area contributed by atoms with Gasteiger partial charge < -0.3 is 10.5 Å². The summed E-state index contributed by atoms with van der Waals surface area (Å²) in [6.45, 7) is 0.755. The molecule has 0 unspecified atom stereocenters. The Bertz CT molecular complexity index is 566. The lowest BCUT2D eigenvalue weighted by Crippen LogP contribution is -2.05. The van der Waals surface area contributed by atoms with Crippen LogP contribution in [-0.4, -0.2) is 26.4 Å². The molecule has 1 aliphatic rings. The molecule has 7 heteroatoms. The van der Waals surface area contributed by atoms with Gasteiger partial charge in [0, 0.05) is 0 Å². The fraction of sp³-hybridized carbons (Fsp3) is 0.364. The van der Waals surface area contributed by atoms with Crippen molar-refractivity contribution in [3.05, 3.63) is 23.2 Å². The molecule has 1 fully saturated rings. The molecule has 0 aliphatic heterocycles. The van der Waals surface area contributed by atoms with E-state index in [0.717, 1.165) is 12.4 Å². The van der Waals surface area contributed by atoms with E-state index in [0.29, 0.717) is 22.2 Å². The van der Waals surface area contributed by atoms with Crippen molar-refractivity contribution in [3.8, 4) is 11.6 Å². The van der Waals surface area contributed by atoms with Gasteiger partial charge in [0.05, 0.1) is 25.2 Å². The second-order valence-corrected chi connectivity index (χ2v) is 5.09. The van der Waals surface area contributed by atoms with Crippen LogP contribution < -0.4 is 10.5 Å². The van der Waals surface area contributed by atoms with Gasteiger partial charge in [-0.25, -0.2) is 14.6 Å². The Kier molecular flexibility index (Phi) is 2.91. The van der Waals surface area contributed by atoms with Gasteiger partial charge in [-0.05, 0) is 34.7 Å². The predicted molar refractivity (Wildman–Crippen MR) is 69.5 cm³/mol. The lowest BCUT2D eigenvalue weighted by atomic mass is 10.5. The number of halogens is 1. The molecule has 0 spiro atoms. The molecule has 0 bridgehead atoms. The number of nitrogens with two attached hydrogens (primary N) is 1. The van der Waals surface area contributed by atoms with Gasteiger partial charge in [0.2, 0.25) is 0 Å². The van der Waals surface area contributed by atoms with Crippen molar-refractivity contribution in [2.45, 2.75) is 12.8 Å². The lowest BCUT2D eigenvalue weighted by Gasteiger charge is -2.03. The van der Waals surface area contributed by atoms with Crippen LogP contribution in [0.2, 0.25) is 0 Å². The Balaban J connectivity index is 1.80. The van der Waals surface area contributed by atoms with E-state index in [1.54, 1.807) is 23.3 Å². The summed E-state index contributed by atoms with van der Waals surface area (Å²) < 4.78 is 7.80. The van der Waals surface area contributed by atoms with Crippen LogP contribution in [0.15, 0.2) is 23.2 Å². The highest BCUT2D eigenvalue weighted by molar-refractivity contribution is 9.10. The van der Waals surface area contributed by atoms with E-state index in [9.17, 15) is 0 Å². The first-order valence-corrected chi connectivity index (χ1v) is 6.47. The molecule has 6 nitrogen and oxygen atoms in total. The summed E-state index contributed by atoms with van der Waals surface area (Å²) in [6, 6.07) is 0. The summed E-state index contributed by atoms with van der Waals surface area (Å²) in [6.07, 6.45) is 7.49. The summed E-state index contributed by atoms with van der Waals surface area (Å²) in [5.74, 6) is 2.26. The third-order valence-corrected chi connectivity index (χ3v) is 3.09. The molecule has 0 saturated heterocycles. The van der Waals surface area contributed by atoms with Gasteiger partial charge in [-0.15, -0.1) is 0 Å². The molecule has 18 heavy (non-hydrogen) atoms. The minimum Gasteiger partial charge on any atom is -0.490 e. The zero-order valence-corrected chi connectivity index (χ0v) is 11.2. The van der Waals surface area contributed by atoms with Crippen molar-refractivity contribution < 1.29 is 4.74 Å². The van der Waals surface area contributed by atoms with Gasteiger partial charge in [0.25, 0.3) is 0 Å². The maximum absolute atomic E-state index is 5.77. The maximum Gasteiger partial charge on any atom is 0.197 e. The highest BCUT2D eigenvalue weighted by Gasteiger charge is 2.22. The van der Waals surface area contributed by atoms with Crippen LogP contribution in [0.4, 0.5) is 5.82 Å². The van der Waals surface area contributed by atoms with Crippen molar-refractivity contribution >= 4 is 21.7 Å². The quantitative estimate of drug-likeness (QED) is 0.931. The van der Waals surface area contributed by atoms with Crippen LogP contribution in [0.5, 0.6) is 5.75 Å². The van der Waals surface area contributed by atoms with E-state index in [-0.39, 0.29) is 0 Å². The minimum absolute atomic E-state index is 0.329. The molecule has 2 N–H and O–H groups in total. The monoisotopic (exact) mass is 309 g/mol. The Morgan fingerprint density at radius 3 is 3.06 bits per heavy atom. The van der Waals surface area contributed by atoms with E-state index in [2.05, 4.69) is 31.0 Å². The SMILES string of the molecule is Nc1ncc(Br)nc1-n1cc(OCC2CC2)cn1. The van der Waals surface area contributed by atoms with Crippen molar-refractivity contribution in [1.29, 1.82) is 0 Å². The number of hydrogen-bond donors (Lipinski definition) is 1. The lowest BCUT2D eigenvalue weighted by molar-refractivity contribution is 0.299. The standard InChI is InChI=1S/C11H12BrN5O/c12-9-4-14-10(13)11(16-9)17-5-8(3-15-17)18-6-7-1-2-7/h3-5,7H,1-2,6H2,(H2,13,14). The topological polar surface area (TPSA) is 78.8 Å². The molecule has 0 radical (unpaired) electrons. The fourth-order valence-corrected chi connectivity index (χ4v) is 1.80. The van der Waals surface area contributed by atoms with Crippen molar-refractivity contribution in [1.82, 2.24) is 19.7 Å². The number of rotatable bonds is 4. The zero-order chi connectivity index (χ0) is 12.5. The maximum atomic E-state index is 5.77. The van der Waals surface area contributed by atoms with Gasteiger partial charge >= 0.3 is 0 Å². The molecular weight excluding hydrogens is 298 g/mol.